The molecule has 0 amide bonds. The van der Waals surface area contributed by atoms with Crippen LogP contribution in [0.5, 0.6) is 5.75 Å². The van der Waals surface area contributed by atoms with E-state index in [0.717, 1.165) is 16.5 Å². The van der Waals surface area contributed by atoms with Gasteiger partial charge in [-0.25, -0.2) is 4.79 Å². The molecule has 0 aliphatic carbocycles. The van der Waals surface area contributed by atoms with Gasteiger partial charge in [0.25, 0.3) is 5.69 Å². The van der Waals surface area contributed by atoms with Crippen molar-refractivity contribution in [2.75, 3.05) is 7.11 Å². The number of nitrogens with one attached hydrogen (secondary N) is 1. The zero-order chi connectivity index (χ0) is 18.0. The molecule has 7 heteroatoms. The molecule has 3 aromatic rings. The molecule has 2 N–H and O–H groups in total. The summed E-state index contributed by atoms with van der Waals surface area (Å²) in [4.78, 5) is 24.6. The Bertz CT molecular complexity index is 1000. The summed E-state index contributed by atoms with van der Waals surface area (Å²) < 4.78 is 5.23. The van der Waals surface area contributed by atoms with Crippen molar-refractivity contribution in [1.29, 1.82) is 0 Å². The van der Waals surface area contributed by atoms with Crippen molar-refractivity contribution in [3.8, 4) is 5.75 Å². The number of hydrogen-bond donors (Lipinski definition) is 2. The molecule has 1 aromatic heterocycles. The fourth-order valence-electron chi connectivity index (χ4n) is 2.54. The van der Waals surface area contributed by atoms with Crippen LogP contribution in [-0.2, 0) is 0 Å². The Hall–Kier alpha value is -3.61. The Labute approximate surface area is 142 Å². The zero-order valence-electron chi connectivity index (χ0n) is 13.2. The Balaban J connectivity index is 1.99. The quantitative estimate of drug-likeness (QED) is 0.541. The van der Waals surface area contributed by atoms with E-state index < -0.39 is 10.9 Å². The van der Waals surface area contributed by atoms with Crippen LogP contribution < -0.4 is 4.74 Å². The van der Waals surface area contributed by atoms with E-state index in [1.165, 1.54) is 31.4 Å². The van der Waals surface area contributed by atoms with Crippen molar-refractivity contribution in [3.05, 3.63) is 69.4 Å². The molecule has 3 rings (SSSR count). The van der Waals surface area contributed by atoms with Gasteiger partial charge in [-0.2, -0.15) is 0 Å². The number of nitro benzene ring substituents is 1. The van der Waals surface area contributed by atoms with E-state index in [-0.39, 0.29) is 11.3 Å². The van der Waals surface area contributed by atoms with Crippen LogP contribution in [0.3, 0.4) is 0 Å². The van der Waals surface area contributed by atoms with Gasteiger partial charge in [0.1, 0.15) is 5.75 Å². The summed E-state index contributed by atoms with van der Waals surface area (Å²) >= 11 is 0. The van der Waals surface area contributed by atoms with E-state index in [0.29, 0.717) is 11.3 Å². The summed E-state index contributed by atoms with van der Waals surface area (Å²) in [6.45, 7) is 0. The van der Waals surface area contributed by atoms with Gasteiger partial charge in [-0.05, 0) is 18.2 Å². The van der Waals surface area contributed by atoms with Crippen LogP contribution in [0.15, 0.2) is 42.6 Å². The largest absolute Gasteiger partial charge is 0.496 e. The summed E-state index contributed by atoms with van der Waals surface area (Å²) in [7, 11) is 1.47. The van der Waals surface area contributed by atoms with Crippen molar-refractivity contribution in [2.45, 2.75) is 0 Å². The number of ether oxygens (including phenoxy) is 1. The average molecular weight is 338 g/mol. The first-order chi connectivity index (χ1) is 12.0. The first kappa shape index (κ1) is 16.3. The third-order valence-corrected chi connectivity index (χ3v) is 3.83. The van der Waals surface area contributed by atoms with Crippen molar-refractivity contribution >= 4 is 34.7 Å². The number of aromatic carboxylic acids is 1. The first-order valence-corrected chi connectivity index (χ1v) is 7.34. The average Bonchev–Trinajstić information content (AvgIpc) is 3.01. The highest BCUT2D eigenvalue weighted by atomic mass is 16.6. The van der Waals surface area contributed by atoms with Gasteiger partial charge >= 0.3 is 5.97 Å². The van der Waals surface area contributed by atoms with Crippen molar-refractivity contribution in [3.63, 3.8) is 0 Å². The maximum Gasteiger partial charge on any atom is 0.335 e. The smallest absolute Gasteiger partial charge is 0.335 e. The minimum Gasteiger partial charge on any atom is -0.496 e. The van der Waals surface area contributed by atoms with E-state index in [1.54, 1.807) is 30.5 Å². The molecule has 7 nitrogen and oxygen atoms in total. The molecule has 0 atom stereocenters. The molecule has 0 saturated heterocycles. The maximum absolute atomic E-state index is 11.0. The van der Waals surface area contributed by atoms with Crippen molar-refractivity contribution < 1.29 is 19.6 Å². The number of carbonyl (C=O) groups is 1. The van der Waals surface area contributed by atoms with Gasteiger partial charge in [-0.3, -0.25) is 10.1 Å². The molecule has 2 aromatic carbocycles. The Kier molecular flexibility index (Phi) is 4.21. The van der Waals surface area contributed by atoms with Crippen LogP contribution in [-0.4, -0.2) is 28.1 Å². The zero-order valence-corrected chi connectivity index (χ0v) is 13.2. The number of nitrogens with zero attached hydrogens (tertiary/aromatic N) is 1. The number of benzene rings is 2. The molecule has 0 fully saturated rings. The summed E-state index contributed by atoms with van der Waals surface area (Å²) in [6, 6.07) is 9.20. The molecule has 0 radical (unpaired) electrons. The Morgan fingerprint density at radius 1 is 1.20 bits per heavy atom. The van der Waals surface area contributed by atoms with Gasteiger partial charge in [0, 0.05) is 40.4 Å². The molecule has 0 bridgehead atoms. The highest BCUT2D eigenvalue weighted by Crippen LogP contribution is 2.27. The lowest BCUT2D eigenvalue weighted by molar-refractivity contribution is -0.384. The topological polar surface area (TPSA) is 105 Å². The number of aromatic amines is 1. The van der Waals surface area contributed by atoms with Crippen LogP contribution in [0.4, 0.5) is 5.69 Å². The van der Waals surface area contributed by atoms with Crippen LogP contribution in [0, 0.1) is 10.1 Å². The van der Waals surface area contributed by atoms with Gasteiger partial charge in [0.05, 0.1) is 17.6 Å². The molecular formula is C18H14N2O5. The fourth-order valence-corrected chi connectivity index (χ4v) is 2.54. The molecule has 1 heterocycles. The van der Waals surface area contributed by atoms with Gasteiger partial charge in [-0.15, -0.1) is 0 Å². The molecule has 0 aliphatic heterocycles. The van der Waals surface area contributed by atoms with Gasteiger partial charge in [0.2, 0.25) is 0 Å². The van der Waals surface area contributed by atoms with Gasteiger partial charge in [0.15, 0.2) is 0 Å². The van der Waals surface area contributed by atoms with Crippen LogP contribution in [0.25, 0.3) is 23.1 Å². The van der Waals surface area contributed by atoms with E-state index in [2.05, 4.69) is 4.98 Å². The standard InChI is InChI=1S/C18H14N2O5/c1-25-17-8-12(18(21)22)4-2-11(17)3-5-13-10-19-16-7-6-14(20(23)24)9-15(13)16/h2-10,19H,1H3,(H,21,22). The summed E-state index contributed by atoms with van der Waals surface area (Å²) in [5.74, 6) is -0.597. The third-order valence-electron chi connectivity index (χ3n) is 3.83. The van der Waals surface area contributed by atoms with E-state index in [4.69, 9.17) is 9.84 Å². The second-order valence-corrected chi connectivity index (χ2v) is 5.33. The molecule has 0 saturated carbocycles. The Morgan fingerprint density at radius 2 is 1.96 bits per heavy atom. The lowest BCUT2D eigenvalue weighted by Crippen LogP contribution is -1.97. The van der Waals surface area contributed by atoms with Gasteiger partial charge in [-0.1, -0.05) is 18.2 Å². The minimum atomic E-state index is -1.03. The Morgan fingerprint density at radius 3 is 2.64 bits per heavy atom. The number of nitro groups is 1. The number of fused-ring (bicyclic) bond motifs is 1. The third kappa shape index (κ3) is 3.20. The first-order valence-electron chi connectivity index (χ1n) is 7.34. The predicted molar refractivity (Wildman–Crippen MR) is 93.8 cm³/mol. The normalized spacial score (nSPS) is 11.1. The summed E-state index contributed by atoms with van der Waals surface area (Å²) in [5, 5.41) is 20.7. The number of methoxy groups -OCH3 is 1. The molecule has 25 heavy (non-hydrogen) atoms. The number of rotatable bonds is 5. The van der Waals surface area contributed by atoms with Gasteiger partial charge < -0.3 is 14.8 Å². The number of non-ortho nitro benzene ring substituents is 1. The van der Waals surface area contributed by atoms with E-state index in [1.807, 2.05) is 0 Å². The van der Waals surface area contributed by atoms with E-state index in [9.17, 15) is 14.9 Å². The van der Waals surface area contributed by atoms with Crippen LogP contribution >= 0.6 is 0 Å². The summed E-state index contributed by atoms with van der Waals surface area (Å²) in [6.07, 6.45) is 5.32. The number of aromatic nitrogens is 1. The lowest BCUT2D eigenvalue weighted by Gasteiger charge is -2.05. The number of carboxylic acid groups (broad SMARTS) is 1. The van der Waals surface area contributed by atoms with E-state index >= 15 is 0 Å². The maximum atomic E-state index is 11.0. The molecule has 0 aliphatic rings. The molecular weight excluding hydrogens is 324 g/mol. The fraction of sp³-hybridized carbons (Fsp3) is 0.0556. The number of hydrogen-bond acceptors (Lipinski definition) is 4. The highest BCUT2D eigenvalue weighted by molar-refractivity contribution is 5.93. The second-order valence-electron chi connectivity index (χ2n) is 5.33. The molecule has 0 spiro atoms. The number of H-pyrrole nitrogens is 1. The summed E-state index contributed by atoms with van der Waals surface area (Å²) in [5.41, 5.74) is 2.43. The van der Waals surface area contributed by atoms with Crippen molar-refractivity contribution in [2.24, 2.45) is 0 Å². The second kappa shape index (κ2) is 6.48. The minimum absolute atomic E-state index is 0.0186. The van der Waals surface area contributed by atoms with Crippen LogP contribution in [0.2, 0.25) is 0 Å². The number of carboxylic acids is 1. The van der Waals surface area contributed by atoms with Crippen LogP contribution in [0.1, 0.15) is 21.5 Å². The highest BCUT2D eigenvalue weighted by Gasteiger charge is 2.10. The SMILES string of the molecule is COc1cc(C(=O)O)ccc1C=Cc1c[nH]c2ccc([N+](=O)[O-])cc12. The lowest BCUT2D eigenvalue weighted by atomic mass is 10.1. The monoisotopic (exact) mass is 338 g/mol. The molecule has 0 unspecified atom stereocenters. The van der Waals surface area contributed by atoms with Crippen molar-refractivity contribution in [1.82, 2.24) is 4.98 Å². The predicted octanol–water partition coefficient (Wildman–Crippen LogP) is 3.95. The molecule has 126 valence electrons.